The van der Waals surface area contributed by atoms with Crippen molar-refractivity contribution >= 4 is 21.6 Å². The lowest BCUT2D eigenvalue weighted by Crippen LogP contribution is -2.07. The second-order valence-electron chi connectivity index (χ2n) is 4.22. The van der Waals surface area contributed by atoms with E-state index >= 15 is 0 Å². The fraction of sp³-hybridized carbons (Fsp3) is 0.200. The number of alkyl halides is 2. The fourth-order valence-electron chi connectivity index (χ4n) is 1.82. The Morgan fingerprint density at radius 3 is 2.67 bits per heavy atom. The fourth-order valence-corrected chi connectivity index (χ4v) is 2.26. The van der Waals surface area contributed by atoms with Crippen LogP contribution in [0, 0.1) is 0 Å². The summed E-state index contributed by atoms with van der Waals surface area (Å²) in [5, 5.41) is 3.08. The monoisotopic (exact) mass is 357 g/mol. The lowest BCUT2D eigenvalue weighted by molar-refractivity contribution is -0.0493. The summed E-state index contributed by atoms with van der Waals surface area (Å²) in [6.45, 7) is -2.39. The lowest BCUT2D eigenvalue weighted by atomic mass is 10.2. The Hall–Kier alpha value is -1.82. The molecular weight excluding hydrogens is 344 g/mol. The molecule has 0 atom stereocenters. The first-order chi connectivity index (χ1) is 10.1. The smallest absolute Gasteiger partial charge is 0.387 e. The minimum absolute atomic E-state index is 0.0841. The highest BCUT2D eigenvalue weighted by atomic mass is 79.9. The highest BCUT2D eigenvalue weighted by Gasteiger charge is 2.11. The van der Waals surface area contributed by atoms with E-state index in [1.54, 1.807) is 12.1 Å². The molecule has 0 saturated heterocycles. The van der Waals surface area contributed by atoms with Crippen LogP contribution in [0.2, 0.25) is 0 Å². The average Bonchev–Trinajstić information content (AvgIpc) is 2.46. The van der Waals surface area contributed by atoms with Crippen LogP contribution in [-0.4, -0.2) is 13.7 Å². The number of hydrogen-bond acceptors (Lipinski definition) is 3. The summed E-state index contributed by atoms with van der Waals surface area (Å²) in [6.07, 6.45) is 0. The van der Waals surface area contributed by atoms with E-state index in [1.165, 1.54) is 13.2 Å². The summed E-state index contributed by atoms with van der Waals surface area (Å²) in [4.78, 5) is 0. The first-order valence-corrected chi connectivity index (χ1v) is 6.99. The molecule has 2 rings (SSSR count). The minimum Gasteiger partial charge on any atom is -0.497 e. The first kappa shape index (κ1) is 15.6. The zero-order chi connectivity index (χ0) is 15.2. The van der Waals surface area contributed by atoms with Crippen molar-refractivity contribution in [3.63, 3.8) is 0 Å². The molecule has 1 N–H and O–H groups in total. The molecule has 0 heterocycles. The van der Waals surface area contributed by atoms with Gasteiger partial charge in [-0.15, -0.1) is 0 Å². The second kappa shape index (κ2) is 7.26. The molecule has 112 valence electrons. The zero-order valence-corrected chi connectivity index (χ0v) is 12.9. The van der Waals surface area contributed by atoms with Gasteiger partial charge in [-0.1, -0.05) is 28.1 Å². The first-order valence-electron chi connectivity index (χ1n) is 6.19. The summed E-state index contributed by atoms with van der Waals surface area (Å²) < 4.78 is 35.4. The summed E-state index contributed by atoms with van der Waals surface area (Å²) in [5.74, 6) is 0.647. The van der Waals surface area contributed by atoms with E-state index in [9.17, 15) is 8.78 Å². The highest BCUT2D eigenvalue weighted by Crippen LogP contribution is 2.31. The number of hydrogen-bond donors (Lipinski definition) is 1. The summed E-state index contributed by atoms with van der Waals surface area (Å²) in [6, 6.07) is 12.3. The molecule has 0 aromatic heterocycles. The number of methoxy groups -OCH3 is 1. The Balaban J connectivity index is 2.16. The largest absolute Gasteiger partial charge is 0.497 e. The molecule has 0 aliphatic carbocycles. The second-order valence-corrected chi connectivity index (χ2v) is 5.14. The van der Waals surface area contributed by atoms with E-state index in [2.05, 4.69) is 26.0 Å². The van der Waals surface area contributed by atoms with Gasteiger partial charge in [0.1, 0.15) is 11.5 Å². The van der Waals surface area contributed by atoms with Crippen molar-refractivity contribution < 1.29 is 18.3 Å². The number of halogens is 3. The predicted molar refractivity (Wildman–Crippen MR) is 81.1 cm³/mol. The standard InChI is InChI=1S/C15H14BrF2NO2/c1-20-12-5-6-14(21-15(17)18)13(8-12)19-9-10-3-2-4-11(16)7-10/h2-8,15,19H,9H2,1H3. The van der Waals surface area contributed by atoms with Crippen LogP contribution in [0.4, 0.5) is 14.5 Å². The molecule has 6 heteroatoms. The van der Waals surface area contributed by atoms with Crippen molar-refractivity contribution in [3.05, 3.63) is 52.5 Å². The van der Waals surface area contributed by atoms with E-state index in [4.69, 9.17) is 4.74 Å². The van der Waals surface area contributed by atoms with Crippen LogP contribution in [0.15, 0.2) is 46.9 Å². The quantitative estimate of drug-likeness (QED) is 0.814. The summed E-state index contributed by atoms with van der Waals surface area (Å²) in [7, 11) is 1.51. The molecule has 21 heavy (non-hydrogen) atoms. The maximum atomic E-state index is 12.4. The van der Waals surface area contributed by atoms with Gasteiger partial charge in [-0.05, 0) is 29.8 Å². The van der Waals surface area contributed by atoms with E-state index < -0.39 is 6.61 Å². The third-order valence-electron chi connectivity index (χ3n) is 2.77. The Labute approximate surface area is 130 Å². The van der Waals surface area contributed by atoms with Gasteiger partial charge in [0, 0.05) is 17.1 Å². The highest BCUT2D eigenvalue weighted by molar-refractivity contribution is 9.10. The van der Waals surface area contributed by atoms with Crippen molar-refractivity contribution in [2.75, 3.05) is 12.4 Å². The van der Waals surface area contributed by atoms with Crippen molar-refractivity contribution in [3.8, 4) is 11.5 Å². The van der Waals surface area contributed by atoms with Crippen LogP contribution in [0.3, 0.4) is 0 Å². The van der Waals surface area contributed by atoms with Gasteiger partial charge in [0.05, 0.1) is 12.8 Å². The topological polar surface area (TPSA) is 30.5 Å². The molecule has 0 spiro atoms. The molecule has 0 fully saturated rings. The van der Waals surface area contributed by atoms with E-state index in [0.717, 1.165) is 10.0 Å². The van der Waals surface area contributed by atoms with Gasteiger partial charge in [-0.25, -0.2) is 0 Å². The molecule has 0 amide bonds. The van der Waals surface area contributed by atoms with E-state index in [1.807, 2.05) is 24.3 Å². The number of benzene rings is 2. The normalized spacial score (nSPS) is 10.5. The predicted octanol–water partition coefficient (Wildman–Crippen LogP) is 4.67. The van der Waals surface area contributed by atoms with Gasteiger partial charge in [0.25, 0.3) is 0 Å². The van der Waals surface area contributed by atoms with Crippen LogP contribution >= 0.6 is 15.9 Å². The Morgan fingerprint density at radius 1 is 1.19 bits per heavy atom. The van der Waals surface area contributed by atoms with Gasteiger partial charge < -0.3 is 14.8 Å². The van der Waals surface area contributed by atoms with Gasteiger partial charge >= 0.3 is 6.61 Å². The van der Waals surface area contributed by atoms with Gasteiger partial charge in [-0.3, -0.25) is 0 Å². The SMILES string of the molecule is COc1ccc(OC(F)F)c(NCc2cccc(Br)c2)c1. The molecule has 0 unspecified atom stereocenters. The van der Waals surface area contributed by atoms with E-state index in [0.29, 0.717) is 18.0 Å². The van der Waals surface area contributed by atoms with Crippen LogP contribution in [0.25, 0.3) is 0 Å². The molecular formula is C15H14BrF2NO2. The van der Waals surface area contributed by atoms with Crippen molar-refractivity contribution in [1.29, 1.82) is 0 Å². The van der Waals surface area contributed by atoms with E-state index in [-0.39, 0.29) is 5.75 Å². The van der Waals surface area contributed by atoms with Gasteiger partial charge in [-0.2, -0.15) is 8.78 Å². The number of rotatable bonds is 6. The third kappa shape index (κ3) is 4.60. The Kier molecular flexibility index (Phi) is 5.38. The average molecular weight is 358 g/mol. The molecule has 0 aliphatic heterocycles. The maximum Gasteiger partial charge on any atom is 0.387 e. The molecule has 0 aliphatic rings. The number of nitrogens with one attached hydrogen (secondary N) is 1. The van der Waals surface area contributed by atoms with Crippen molar-refractivity contribution in [2.45, 2.75) is 13.2 Å². The molecule has 2 aromatic carbocycles. The summed E-state index contributed by atoms with van der Waals surface area (Å²) in [5.41, 5.74) is 1.46. The van der Waals surface area contributed by atoms with Gasteiger partial charge in [0.2, 0.25) is 0 Å². The molecule has 0 saturated carbocycles. The van der Waals surface area contributed by atoms with Crippen LogP contribution < -0.4 is 14.8 Å². The molecule has 2 aromatic rings. The Morgan fingerprint density at radius 2 is 2.00 bits per heavy atom. The zero-order valence-electron chi connectivity index (χ0n) is 11.3. The van der Waals surface area contributed by atoms with Crippen LogP contribution in [0.5, 0.6) is 11.5 Å². The Bertz CT molecular complexity index is 608. The molecule has 3 nitrogen and oxygen atoms in total. The number of ether oxygens (including phenoxy) is 2. The van der Waals surface area contributed by atoms with Gasteiger partial charge in [0.15, 0.2) is 0 Å². The van der Waals surface area contributed by atoms with Crippen LogP contribution in [-0.2, 0) is 6.54 Å². The number of anilines is 1. The molecule has 0 radical (unpaired) electrons. The van der Waals surface area contributed by atoms with Crippen molar-refractivity contribution in [1.82, 2.24) is 0 Å². The minimum atomic E-state index is -2.87. The lowest BCUT2D eigenvalue weighted by Gasteiger charge is -2.14. The van der Waals surface area contributed by atoms with Crippen LogP contribution in [0.1, 0.15) is 5.56 Å². The van der Waals surface area contributed by atoms with Crippen molar-refractivity contribution in [2.24, 2.45) is 0 Å². The third-order valence-corrected chi connectivity index (χ3v) is 3.27. The maximum absolute atomic E-state index is 12.4. The summed E-state index contributed by atoms with van der Waals surface area (Å²) >= 11 is 3.39. The molecule has 0 bridgehead atoms.